The Hall–Kier alpha value is -3.63. The van der Waals surface area contributed by atoms with E-state index in [-0.39, 0.29) is 62.0 Å². The number of rotatable bonds is 16. The van der Waals surface area contributed by atoms with Crippen molar-refractivity contribution in [2.75, 3.05) is 46.8 Å². The lowest BCUT2D eigenvalue weighted by Crippen LogP contribution is -2.51. The number of sulfonamides is 1. The van der Waals surface area contributed by atoms with Crippen LogP contribution in [0.15, 0.2) is 47.4 Å². The molecule has 14 nitrogen and oxygen atoms in total. The maximum absolute atomic E-state index is 13.9. The number of methoxy groups -OCH3 is 1. The second-order valence-corrected chi connectivity index (χ2v) is 14.3. The van der Waals surface area contributed by atoms with Gasteiger partial charge in [-0.05, 0) is 55.0 Å². The van der Waals surface area contributed by atoms with Crippen LogP contribution in [-0.4, -0.2) is 101 Å². The lowest BCUT2D eigenvalue weighted by molar-refractivity contribution is -0.140. The molecule has 15 heteroatoms. The Morgan fingerprint density at radius 1 is 1.06 bits per heavy atom. The predicted molar refractivity (Wildman–Crippen MR) is 170 cm³/mol. The first-order valence-corrected chi connectivity index (χ1v) is 17.5. The van der Waals surface area contributed by atoms with E-state index in [1.165, 1.54) is 23.5 Å². The van der Waals surface area contributed by atoms with E-state index < -0.39 is 40.7 Å². The maximum Gasteiger partial charge on any atom is 0.407 e. The number of ether oxygens (including phenoxy) is 7. The molecule has 2 aromatic rings. The number of alkyl carbamates (subject to hydrolysis) is 1. The van der Waals surface area contributed by atoms with E-state index in [1.807, 2.05) is 13.8 Å². The first-order chi connectivity index (χ1) is 23.0. The highest BCUT2D eigenvalue weighted by atomic mass is 32.2. The molecule has 1 amide bonds. The molecule has 3 aliphatic heterocycles. The Morgan fingerprint density at radius 2 is 1.83 bits per heavy atom. The van der Waals surface area contributed by atoms with E-state index in [0.717, 1.165) is 5.56 Å². The van der Waals surface area contributed by atoms with Gasteiger partial charge in [0, 0.05) is 25.6 Å². The van der Waals surface area contributed by atoms with Crippen LogP contribution in [0.25, 0.3) is 0 Å². The van der Waals surface area contributed by atoms with Crippen LogP contribution in [0.5, 0.6) is 17.2 Å². The summed E-state index contributed by atoms with van der Waals surface area (Å²) in [7, 11) is -2.75. The number of aliphatic hydroxyl groups excluding tert-OH is 1. The van der Waals surface area contributed by atoms with Crippen molar-refractivity contribution in [1.29, 1.82) is 0 Å². The average Bonchev–Trinajstić information content (AvgIpc) is 3.81. The first-order valence-electron chi connectivity index (χ1n) is 16.1. The fourth-order valence-corrected chi connectivity index (χ4v) is 7.48. The lowest BCUT2D eigenvalue weighted by Gasteiger charge is -2.31. The van der Waals surface area contributed by atoms with Gasteiger partial charge in [0.05, 0.1) is 49.9 Å². The number of hydrogen-bond donors (Lipinski definition) is 2. The molecule has 0 bridgehead atoms. The Labute approximate surface area is 280 Å². The third-order valence-electron chi connectivity index (χ3n) is 8.35. The number of carbonyl (C=O) groups is 2. The van der Waals surface area contributed by atoms with Gasteiger partial charge in [0.2, 0.25) is 16.8 Å². The first kappa shape index (κ1) is 35.7. The van der Waals surface area contributed by atoms with Crippen molar-refractivity contribution in [3.05, 3.63) is 48.0 Å². The average molecular weight is 693 g/mol. The minimum atomic E-state index is -4.08. The minimum absolute atomic E-state index is 0.000244. The van der Waals surface area contributed by atoms with Gasteiger partial charge in [-0.15, -0.1) is 0 Å². The number of benzene rings is 2. The van der Waals surface area contributed by atoms with E-state index >= 15 is 0 Å². The molecule has 0 aliphatic carbocycles. The summed E-state index contributed by atoms with van der Waals surface area (Å²) in [4.78, 5) is 24.5. The summed E-state index contributed by atoms with van der Waals surface area (Å²) in [6.45, 7) is 4.63. The maximum atomic E-state index is 13.9. The van der Waals surface area contributed by atoms with Crippen LogP contribution in [0.3, 0.4) is 0 Å². The Kier molecular flexibility index (Phi) is 12.0. The van der Waals surface area contributed by atoms with Gasteiger partial charge in [0.1, 0.15) is 11.9 Å². The molecular weight excluding hydrogens is 648 g/mol. The molecule has 2 aromatic carbocycles. The molecule has 2 fully saturated rings. The molecule has 3 heterocycles. The lowest BCUT2D eigenvalue weighted by atomic mass is 10.0. The van der Waals surface area contributed by atoms with Crippen LogP contribution >= 0.6 is 0 Å². The van der Waals surface area contributed by atoms with Crippen molar-refractivity contribution in [3.63, 3.8) is 0 Å². The zero-order valence-electron chi connectivity index (χ0n) is 27.4. The monoisotopic (exact) mass is 692 g/mol. The molecule has 2 N–H and O–H groups in total. The zero-order valence-corrected chi connectivity index (χ0v) is 28.2. The van der Waals surface area contributed by atoms with Crippen molar-refractivity contribution in [3.8, 4) is 17.2 Å². The third kappa shape index (κ3) is 9.08. The zero-order chi connectivity index (χ0) is 34.3. The molecule has 0 saturated carbocycles. The second kappa shape index (κ2) is 16.2. The van der Waals surface area contributed by atoms with Gasteiger partial charge in [-0.3, -0.25) is 4.79 Å². The quantitative estimate of drug-likeness (QED) is 0.195. The molecule has 0 aromatic heterocycles. The summed E-state index contributed by atoms with van der Waals surface area (Å²) in [5, 5.41) is 14.4. The largest absolute Gasteiger partial charge is 0.494 e. The highest BCUT2D eigenvalue weighted by Gasteiger charge is 2.44. The van der Waals surface area contributed by atoms with Gasteiger partial charge in [-0.1, -0.05) is 26.0 Å². The van der Waals surface area contributed by atoms with Gasteiger partial charge in [-0.25, -0.2) is 13.2 Å². The van der Waals surface area contributed by atoms with E-state index in [2.05, 4.69) is 10.1 Å². The molecule has 0 spiro atoms. The van der Waals surface area contributed by atoms with Crippen LogP contribution in [-0.2, 0) is 40.2 Å². The number of amides is 1. The van der Waals surface area contributed by atoms with Crippen LogP contribution in [0, 0.1) is 11.8 Å². The predicted octanol–water partition coefficient (Wildman–Crippen LogP) is 2.85. The summed E-state index contributed by atoms with van der Waals surface area (Å²) in [6, 6.07) is 10.6. The van der Waals surface area contributed by atoms with Gasteiger partial charge in [-0.2, -0.15) is 4.31 Å². The number of aliphatic hydroxyl groups is 1. The highest BCUT2D eigenvalue weighted by molar-refractivity contribution is 7.89. The normalized spacial score (nSPS) is 21.2. The smallest absolute Gasteiger partial charge is 0.407 e. The number of carbonyl (C=O) groups excluding carboxylic acids is 2. The Bertz CT molecular complexity index is 1500. The van der Waals surface area contributed by atoms with Gasteiger partial charge < -0.3 is 43.6 Å². The standard InChI is InChI=1S/C33H44N2O12S/c1-21(2)17-35(48(39,40)24-10-11-28-29(16-24)46-20-45-28)18-27(36)26(34-33(38)47-30-19-44-32-25(30)12-14-43-32)15-22-6-8-23(9-7-22)42-13-4-5-31(37)41-3/h6-11,16,21,25-27,30,32,36H,4-5,12-15,17-20H2,1-3H3,(H,34,38)/t25-,26-,27+,30-,32+/m0/s1. The number of esters is 1. The van der Waals surface area contributed by atoms with Gasteiger partial charge >= 0.3 is 12.1 Å². The van der Waals surface area contributed by atoms with E-state index in [9.17, 15) is 23.1 Å². The summed E-state index contributed by atoms with van der Waals surface area (Å²) in [5.74, 6) is 0.907. The number of nitrogens with zero attached hydrogens (tertiary/aromatic N) is 1. The van der Waals surface area contributed by atoms with Crippen molar-refractivity contribution in [2.24, 2.45) is 11.8 Å². The molecule has 0 radical (unpaired) electrons. The van der Waals surface area contributed by atoms with Crippen molar-refractivity contribution in [1.82, 2.24) is 9.62 Å². The molecule has 48 heavy (non-hydrogen) atoms. The van der Waals surface area contributed by atoms with Crippen LogP contribution in [0.1, 0.15) is 38.7 Å². The molecule has 0 unspecified atom stereocenters. The van der Waals surface area contributed by atoms with Crippen molar-refractivity contribution in [2.45, 2.75) is 69.0 Å². The summed E-state index contributed by atoms with van der Waals surface area (Å²) >= 11 is 0. The molecule has 264 valence electrons. The van der Waals surface area contributed by atoms with Crippen LogP contribution in [0.2, 0.25) is 0 Å². The SMILES string of the molecule is COC(=O)CCCOc1ccc(C[C@H](NC(=O)O[C@H]2CO[C@H]3OCC[C@H]32)[C@H](O)CN(CC(C)C)S(=O)(=O)c2ccc3c(c2)OCO3)cc1. The Morgan fingerprint density at radius 3 is 2.58 bits per heavy atom. The van der Waals surface area contributed by atoms with Gasteiger partial charge in [0.15, 0.2) is 17.8 Å². The molecule has 2 saturated heterocycles. The highest BCUT2D eigenvalue weighted by Crippen LogP contribution is 2.35. The van der Waals surface area contributed by atoms with Crippen LogP contribution < -0.4 is 19.5 Å². The summed E-state index contributed by atoms with van der Waals surface area (Å²) in [5.41, 5.74) is 0.753. The topological polar surface area (TPSA) is 168 Å². The van der Waals surface area contributed by atoms with E-state index in [0.29, 0.717) is 43.3 Å². The van der Waals surface area contributed by atoms with Crippen LogP contribution in [0.4, 0.5) is 4.79 Å². The fourth-order valence-electron chi connectivity index (χ4n) is 5.84. The molecule has 3 aliphatic rings. The second-order valence-electron chi connectivity index (χ2n) is 12.4. The summed E-state index contributed by atoms with van der Waals surface area (Å²) < 4.78 is 66.9. The number of hydrogen-bond acceptors (Lipinski definition) is 12. The molecule has 5 atom stereocenters. The fraction of sp³-hybridized carbons (Fsp3) is 0.576. The van der Waals surface area contributed by atoms with Crippen molar-refractivity contribution >= 4 is 22.1 Å². The molecular formula is C33H44N2O12S. The summed E-state index contributed by atoms with van der Waals surface area (Å²) in [6.07, 6.45) is -1.38. The van der Waals surface area contributed by atoms with Gasteiger partial charge in [0.25, 0.3) is 0 Å². The van der Waals surface area contributed by atoms with E-state index in [4.69, 9.17) is 28.4 Å². The molecule has 5 rings (SSSR count). The Balaban J connectivity index is 1.30. The number of nitrogens with one attached hydrogen (secondary N) is 1. The third-order valence-corrected chi connectivity index (χ3v) is 10.2. The van der Waals surface area contributed by atoms with Crippen molar-refractivity contribution < 1.29 is 56.3 Å². The van der Waals surface area contributed by atoms with E-state index in [1.54, 1.807) is 30.3 Å². The number of fused-ring (bicyclic) bond motifs is 2. The minimum Gasteiger partial charge on any atom is -0.494 e.